The summed E-state index contributed by atoms with van der Waals surface area (Å²) in [7, 11) is 1.58. The van der Waals surface area contributed by atoms with Gasteiger partial charge in [-0.15, -0.1) is 0 Å². The third-order valence-corrected chi connectivity index (χ3v) is 4.39. The van der Waals surface area contributed by atoms with Crippen LogP contribution in [0.4, 0.5) is 0 Å². The Hall–Kier alpha value is -2.50. The van der Waals surface area contributed by atoms with E-state index in [1.807, 2.05) is 26.0 Å². The van der Waals surface area contributed by atoms with Gasteiger partial charge in [0.1, 0.15) is 5.60 Å². The van der Waals surface area contributed by atoms with E-state index < -0.39 is 5.60 Å². The Morgan fingerprint density at radius 3 is 2.60 bits per heavy atom. The number of hydrogen-bond donors (Lipinski definition) is 1. The van der Waals surface area contributed by atoms with Gasteiger partial charge in [0.2, 0.25) is 5.91 Å². The van der Waals surface area contributed by atoms with Crippen molar-refractivity contribution in [2.24, 2.45) is 0 Å². The molecule has 1 aromatic rings. The minimum absolute atomic E-state index is 0.0241. The summed E-state index contributed by atoms with van der Waals surface area (Å²) in [5.41, 5.74) is 1.07. The predicted octanol–water partition coefficient (Wildman–Crippen LogP) is 2.68. The molecule has 134 valence electrons. The van der Waals surface area contributed by atoms with Crippen molar-refractivity contribution in [1.29, 1.82) is 0 Å². The fraction of sp³-hybridized carbons (Fsp3) is 0.474. The second-order valence-electron chi connectivity index (χ2n) is 7.07. The van der Waals surface area contributed by atoms with Crippen LogP contribution in [0.3, 0.4) is 0 Å². The van der Waals surface area contributed by atoms with Gasteiger partial charge in [0, 0.05) is 12.3 Å². The molecule has 3 rings (SSSR count). The van der Waals surface area contributed by atoms with Crippen LogP contribution in [-0.2, 0) is 14.3 Å². The zero-order valence-electron chi connectivity index (χ0n) is 15.1. The fourth-order valence-corrected chi connectivity index (χ4v) is 3.32. The molecule has 0 unspecified atom stereocenters. The van der Waals surface area contributed by atoms with Crippen molar-refractivity contribution in [3.05, 3.63) is 35.0 Å². The summed E-state index contributed by atoms with van der Waals surface area (Å²) in [5.74, 6) is 0.331. The SMILES string of the molecule is COc1ccc([C@H]2CC(=O)NC3=C2C(=O)OC3(C)C)cc1OC(C)C. The van der Waals surface area contributed by atoms with Gasteiger partial charge in [-0.2, -0.15) is 0 Å². The Balaban J connectivity index is 2.07. The van der Waals surface area contributed by atoms with Crippen molar-refractivity contribution in [2.45, 2.75) is 51.7 Å². The molecule has 0 radical (unpaired) electrons. The number of benzene rings is 1. The van der Waals surface area contributed by atoms with Crippen LogP contribution in [-0.4, -0.2) is 30.7 Å². The molecule has 1 aromatic carbocycles. The van der Waals surface area contributed by atoms with E-state index in [2.05, 4.69) is 5.32 Å². The van der Waals surface area contributed by atoms with E-state index in [-0.39, 0.29) is 30.3 Å². The highest BCUT2D eigenvalue weighted by Gasteiger charge is 2.47. The van der Waals surface area contributed by atoms with Crippen molar-refractivity contribution < 1.29 is 23.8 Å². The van der Waals surface area contributed by atoms with Gasteiger partial charge in [-0.3, -0.25) is 4.79 Å². The molecule has 6 heteroatoms. The molecule has 0 saturated carbocycles. The summed E-state index contributed by atoms with van der Waals surface area (Å²) in [6.07, 6.45) is 0.168. The summed E-state index contributed by atoms with van der Waals surface area (Å²) in [4.78, 5) is 24.6. The molecule has 0 saturated heterocycles. The Kier molecular flexibility index (Phi) is 4.22. The molecule has 0 spiro atoms. The quantitative estimate of drug-likeness (QED) is 0.849. The van der Waals surface area contributed by atoms with Gasteiger partial charge in [-0.05, 0) is 45.4 Å². The van der Waals surface area contributed by atoms with Crippen molar-refractivity contribution in [3.8, 4) is 11.5 Å². The van der Waals surface area contributed by atoms with Crippen LogP contribution >= 0.6 is 0 Å². The second kappa shape index (κ2) is 6.10. The maximum atomic E-state index is 12.4. The lowest BCUT2D eigenvalue weighted by molar-refractivity contribution is -0.144. The molecule has 1 atom stereocenters. The Labute approximate surface area is 147 Å². The van der Waals surface area contributed by atoms with Crippen LogP contribution in [0.1, 0.15) is 45.6 Å². The van der Waals surface area contributed by atoms with Gasteiger partial charge in [-0.25, -0.2) is 4.79 Å². The molecule has 25 heavy (non-hydrogen) atoms. The molecule has 2 aliphatic heterocycles. The monoisotopic (exact) mass is 345 g/mol. The average Bonchev–Trinajstić information content (AvgIpc) is 2.75. The molecule has 6 nitrogen and oxygen atoms in total. The first kappa shape index (κ1) is 17.3. The molecule has 1 amide bonds. The largest absolute Gasteiger partial charge is 0.493 e. The van der Waals surface area contributed by atoms with Gasteiger partial charge in [0.25, 0.3) is 0 Å². The summed E-state index contributed by atoms with van der Waals surface area (Å²) in [5, 5.41) is 2.81. The number of amides is 1. The highest BCUT2D eigenvalue weighted by molar-refractivity contribution is 5.99. The maximum absolute atomic E-state index is 12.4. The molecule has 0 aromatic heterocycles. The summed E-state index contributed by atoms with van der Waals surface area (Å²) < 4.78 is 16.6. The number of hydrogen-bond acceptors (Lipinski definition) is 5. The zero-order valence-corrected chi connectivity index (χ0v) is 15.1. The first-order valence-electron chi connectivity index (χ1n) is 8.35. The molecule has 2 heterocycles. The number of carbonyl (C=O) groups excluding carboxylic acids is 2. The number of rotatable bonds is 4. The van der Waals surface area contributed by atoms with Crippen LogP contribution in [0.5, 0.6) is 11.5 Å². The smallest absolute Gasteiger partial charge is 0.337 e. The fourth-order valence-electron chi connectivity index (χ4n) is 3.32. The Bertz CT molecular complexity index is 763. The summed E-state index contributed by atoms with van der Waals surface area (Å²) >= 11 is 0. The van der Waals surface area contributed by atoms with E-state index in [4.69, 9.17) is 14.2 Å². The normalized spacial score (nSPS) is 21.8. The number of carbonyl (C=O) groups is 2. The minimum atomic E-state index is -0.829. The van der Waals surface area contributed by atoms with Crippen LogP contribution in [0, 0.1) is 0 Å². The third-order valence-electron chi connectivity index (χ3n) is 4.39. The topological polar surface area (TPSA) is 73.9 Å². The highest BCUT2D eigenvalue weighted by atomic mass is 16.6. The van der Waals surface area contributed by atoms with Crippen molar-refractivity contribution >= 4 is 11.9 Å². The number of cyclic esters (lactones) is 1. The summed E-state index contributed by atoms with van der Waals surface area (Å²) in [6, 6.07) is 5.50. The molecule has 0 aliphatic carbocycles. The van der Waals surface area contributed by atoms with E-state index in [0.717, 1.165) is 5.56 Å². The predicted molar refractivity (Wildman–Crippen MR) is 91.5 cm³/mol. The molecule has 1 N–H and O–H groups in total. The van der Waals surface area contributed by atoms with E-state index in [1.165, 1.54) is 0 Å². The third kappa shape index (κ3) is 3.08. The number of esters is 1. The average molecular weight is 345 g/mol. The molecule has 0 fully saturated rings. The number of methoxy groups -OCH3 is 1. The van der Waals surface area contributed by atoms with E-state index in [0.29, 0.717) is 22.8 Å². The van der Waals surface area contributed by atoms with Crippen molar-refractivity contribution in [2.75, 3.05) is 7.11 Å². The standard InChI is InChI=1S/C19H23NO5/c1-10(2)24-14-8-11(6-7-13(14)23-5)12-9-15(21)20-17-16(12)18(22)25-19(17,3)4/h6-8,10,12H,9H2,1-5H3,(H,20,21)/t12-/m1/s1. The maximum Gasteiger partial charge on any atom is 0.337 e. The first-order chi connectivity index (χ1) is 11.7. The lowest BCUT2D eigenvalue weighted by Crippen LogP contribution is -2.38. The van der Waals surface area contributed by atoms with E-state index >= 15 is 0 Å². The van der Waals surface area contributed by atoms with Crippen LogP contribution < -0.4 is 14.8 Å². The molecular formula is C19H23NO5. The van der Waals surface area contributed by atoms with Crippen LogP contribution in [0.25, 0.3) is 0 Å². The Morgan fingerprint density at radius 2 is 1.96 bits per heavy atom. The van der Waals surface area contributed by atoms with Crippen LogP contribution in [0.2, 0.25) is 0 Å². The molecule has 0 bridgehead atoms. The van der Waals surface area contributed by atoms with Gasteiger partial charge >= 0.3 is 5.97 Å². The van der Waals surface area contributed by atoms with E-state index in [1.54, 1.807) is 27.0 Å². The van der Waals surface area contributed by atoms with Crippen LogP contribution in [0.15, 0.2) is 29.5 Å². The minimum Gasteiger partial charge on any atom is -0.493 e. The lowest BCUT2D eigenvalue weighted by Gasteiger charge is -2.27. The van der Waals surface area contributed by atoms with Gasteiger partial charge in [-0.1, -0.05) is 6.07 Å². The molecule has 2 aliphatic rings. The highest BCUT2D eigenvalue weighted by Crippen LogP contribution is 2.44. The Morgan fingerprint density at radius 1 is 1.24 bits per heavy atom. The van der Waals surface area contributed by atoms with E-state index in [9.17, 15) is 9.59 Å². The number of ether oxygens (including phenoxy) is 3. The van der Waals surface area contributed by atoms with Gasteiger partial charge in [0.15, 0.2) is 11.5 Å². The zero-order chi connectivity index (χ0) is 18.4. The van der Waals surface area contributed by atoms with Crippen molar-refractivity contribution in [1.82, 2.24) is 5.32 Å². The first-order valence-corrected chi connectivity index (χ1v) is 8.35. The van der Waals surface area contributed by atoms with Gasteiger partial charge < -0.3 is 19.5 Å². The second-order valence-corrected chi connectivity index (χ2v) is 7.07. The molecular weight excluding hydrogens is 322 g/mol. The lowest BCUT2D eigenvalue weighted by atomic mass is 9.82. The number of nitrogens with one attached hydrogen (secondary N) is 1. The van der Waals surface area contributed by atoms with Gasteiger partial charge in [0.05, 0.1) is 24.5 Å². The van der Waals surface area contributed by atoms with Crippen molar-refractivity contribution in [3.63, 3.8) is 0 Å². The summed E-state index contributed by atoms with van der Waals surface area (Å²) in [6.45, 7) is 7.41.